The zero-order valence-electron chi connectivity index (χ0n) is 8.55. The second kappa shape index (κ2) is 4.28. The van der Waals surface area contributed by atoms with Gasteiger partial charge >= 0.3 is 0 Å². The van der Waals surface area contributed by atoms with Crippen LogP contribution in [0.3, 0.4) is 0 Å². The molecule has 0 saturated carbocycles. The van der Waals surface area contributed by atoms with Crippen molar-refractivity contribution in [3.63, 3.8) is 0 Å². The average Bonchev–Trinajstić information content (AvgIpc) is 2.73. The van der Waals surface area contributed by atoms with Crippen LogP contribution < -0.4 is 10.6 Å². The third kappa shape index (κ3) is 1.92. The van der Waals surface area contributed by atoms with Crippen molar-refractivity contribution >= 4 is 5.91 Å². The Kier molecular flexibility index (Phi) is 2.83. The van der Waals surface area contributed by atoms with Gasteiger partial charge in [-0.15, -0.1) is 6.58 Å². The van der Waals surface area contributed by atoms with Crippen molar-refractivity contribution < 1.29 is 4.79 Å². The van der Waals surface area contributed by atoms with Gasteiger partial charge in [0.05, 0.1) is 0 Å². The maximum absolute atomic E-state index is 11.8. The van der Waals surface area contributed by atoms with Crippen LogP contribution in [0.2, 0.25) is 0 Å². The van der Waals surface area contributed by atoms with Gasteiger partial charge in [-0.1, -0.05) is 18.2 Å². The SMILES string of the molecule is C=CCNC(=O)c1cccc2c1CNC2. The van der Waals surface area contributed by atoms with Gasteiger partial charge in [0.2, 0.25) is 0 Å². The second-order valence-corrected chi connectivity index (χ2v) is 3.55. The van der Waals surface area contributed by atoms with Crippen LogP contribution in [0, 0.1) is 0 Å². The summed E-state index contributed by atoms with van der Waals surface area (Å²) in [6.45, 7) is 5.73. The summed E-state index contributed by atoms with van der Waals surface area (Å²) < 4.78 is 0. The van der Waals surface area contributed by atoms with E-state index in [4.69, 9.17) is 0 Å². The zero-order valence-corrected chi connectivity index (χ0v) is 8.55. The average molecular weight is 202 g/mol. The van der Waals surface area contributed by atoms with E-state index < -0.39 is 0 Å². The molecule has 2 rings (SSSR count). The number of hydrogen-bond donors (Lipinski definition) is 2. The monoisotopic (exact) mass is 202 g/mol. The number of fused-ring (bicyclic) bond motifs is 1. The fourth-order valence-corrected chi connectivity index (χ4v) is 1.80. The number of amides is 1. The lowest BCUT2D eigenvalue weighted by Crippen LogP contribution is -2.24. The Bertz CT molecular complexity index is 399. The summed E-state index contributed by atoms with van der Waals surface area (Å²) in [5, 5.41) is 6.03. The van der Waals surface area contributed by atoms with Crippen LogP contribution in [0.1, 0.15) is 21.5 Å². The molecule has 0 bridgehead atoms. The highest BCUT2D eigenvalue weighted by Gasteiger charge is 2.17. The largest absolute Gasteiger partial charge is 0.349 e. The molecule has 1 amide bonds. The van der Waals surface area contributed by atoms with Gasteiger partial charge in [0.1, 0.15) is 0 Å². The minimum Gasteiger partial charge on any atom is -0.349 e. The quantitative estimate of drug-likeness (QED) is 0.723. The fraction of sp³-hybridized carbons (Fsp3) is 0.250. The molecule has 15 heavy (non-hydrogen) atoms. The second-order valence-electron chi connectivity index (χ2n) is 3.55. The molecular formula is C12H14N2O. The first kappa shape index (κ1) is 9.93. The molecule has 2 N–H and O–H groups in total. The zero-order chi connectivity index (χ0) is 10.7. The number of hydrogen-bond acceptors (Lipinski definition) is 2. The van der Waals surface area contributed by atoms with Crippen molar-refractivity contribution in [2.45, 2.75) is 13.1 Å². The molecule has 0 saturated heterocycles. The van der Waals surface area contributed by atoms with E-state index >= 15 is 0 Å². The van der Waals surface area contributed by atoms with Gasteiger partial charge in [-0.3, -0.25) is 4.79 Å². The third-order valence-electron chi connectivity index (χ3n) is 2.54. The summed E-state index contributed by atoms with van der Waals surface area (Å²) >= 11 is 0. The van der Waals surface area contributed by atoms with E-state index in [1.165, 1.54) is 5.56 Å². The van der Waals surface area contributed by atoms with Gasteiger partial charge in [-0.05, 0) is 17.2 Å². The third-order valence-corrected chi connectivity index (χ3v) is 2.54. The molecule has 0 fully saturated rings. The normalized spacial score (nSPS) is 13.3. The van der Waals surface area contributed by atoms with Gasteiger partial charge < -0.3 is 10.6 Å². The fourth-order valence-electron chi connectivity index (χ4n) is 1.80. The summed E-state index contributed by atoms with van der Waals surface area (Å²) in [7, 11) is 0. The molecule has 0 atom stereocenters. The Hall–Kier alpha value is -1.61. The minimum absolute atomic E-state index is 0.0181. The molecule has 3 nitrogen and oxygen atoms in total. The smallest absolute Gasteiger partial charge is 0.251 e. The van der Waals surface area contributed by atoms with E-state index in [2.05, 4.69) is 23.3 Å². The number of rotatable bonds is 3. The van der Waals surface area contributed by atoms with E-state index in [0.29, 0.717) is 6.54 Å². The van der Waals surface area contributed by atoms with Crippen LogP contribution in [0.15, 0.2) is 30.9 Å². The van der Waals surface area contributed by atoms with Crippen molar-refractivity contribution in [1.82, 2.24) is 10.6 Å². The van der Waals surface area contributed by atoms with E-state index in [0.717, 1.165) is 24.2 Å². The number of carbonyl (C=O) groups excluding carboxylic acids is 1. The Labute approximate surface area is 89.2 Å². The molecule has 0 spiro atoms. The Morgan fingerprint density at radius 2 is 2.40 bits per heavy atom. The van der Waals surface area contributed by atoms with E-state index in [1.807, 2.05) is 12.1 Å². The Morgan fingerprint density at radius 3 is 3.20 bits per heavy atom. The first-order chi connectivity index (χ1) is 7.33. The van der Waals surface area contributed by atoms with Crippen molar-refractivity contribution in [2.75, 3.05) is 6.54 Å². The summed E-state index contributed by atoms with van der Waals surface area (Å²) in [5.74, 6) is -0.0181. The van der Waals surface area contributed by atoms with Gasteiger partial charge in [0, 0.05) is 25.2 Å². The molecule has 3 heteroatoms. The van der Waals surface area contributed by atoms with Crippen LogP contribution in [0.4, 0.5) is 0 Å². The van der Waals surface area contributed by atoms with Crippen LogP contribution >= 0.6 is 0 Å². The van der Waals surface area contributed by atoms with Crippen molar-refractivity contribution in [3.05, 3.63) is 47.5 Å². The lowest BCUT2D eigenvalue weighted by Gasteiger charge is -2.07. The summed E-state index contributed by atoms with van der Waals surface area (Å²) in [5.41, 5.74) is 3.12. The van der Waals surface area contributed by atoms with Gasteiger partial charge in [-0.2, -0.15) is 0 Å². The standard InChI is InChI=1S/C12H14N2O/c1-2-6-14-12(15)10-5-3-4-9-7-13-8-11(9)10/h2-5,13H,1,6-8H2,(H,14,15). The molecule has 0 radical (unpaired) electrons. The van der Waals surface area contributed by atoms with Gasteiger partial charge in [-0.25, -0.2) is 0 Å². The lowest BCUT2D eigenvalue weighted by molar-refractivity contribution is 0.0957. The van der Waals surface area contributed by atoms with E-state index in [1.54, 1.807) is 6.08 Å². The molecule has 1 aliphatic heterocycles. The maximum atomic E-state index is 11.8. The minimum atomic E-state index is -0.0181. The Balaban J connectivity index is 2.24. The summed E-state index contributed by atoms with van der Waals surface area (Å²) in [4.78, 5) is 11.8. The van der Waals surface area contributed by atoms with Crippen LogP contribution in [-0.4, -0.2) is 12.5 Å². The number of nitrogens with one attached hydrogen (secondary N) is 2. The van der Waals surface area contributed by atoms with E-state index in [-0.39, 0.29) is 5.91 Å². The first-order valence-corrected chi connectivity index (χ1v) is 5.03. The predicted octanol–water partition coefficient (Wildman–Crippen LogP) is 1.21. The molecule has 78 valence electrons. The van der Waals surface area contributed by atoms with Crippen molar-refractivity contribution in [2.24, 2.45) is 0 Å². The number of benzene rings is 1. The molecule has 0 aliphatic carbocycles. The Morgan fingerprint density at radius 1 is 1.53 bits per heavy atom. The summed E-state index contributed by atoms with van der Waals surface area (Å²) in [6, 6.07) is 5.85. The molecule has 0 aromatic heterocycles. The highest BCUT2D eigenvalue weighted by Crippen LogP contribution is 2.19. The van der Waals surface area contributed by atoms with Crippen LogP contribution in [0.25, 0.3) is 0 Å². The molecule has 1 heterocycles. The predicted molar refractivity (Wildman–Crippen MR) is 59.5 cm³/mol. The molecule has 1 aromatic carbocycles. The summed E-state index contributed by atoms with van der Waals surface area (Å²) in [6.07, 6.45) is 1.68. The molecular weight excluding hydrogens is 188 g/mol. The maximum Gasteiger partial charge on any atom is 0.251 e. The molecule has 1 aromatic rings. The topological polar surface area (TPSA) is 41.1 Å². The van der Waals surface area contributed by atoms with Gasteiger partial charge in [0.25, 0.3) is 5.91 Å². The van der Waals surface area contributed by atoms with Crippen molar-refractivity contribution in [3.8, 4) is 0 Å². The highest BCUT2D eigenvalue weighted by molar-refractivity contribution is 5.96. The van der Waals surface area contributed by atoms with Gasteiger partial charge in [0.15, 0.2) is 0 Å². The van der Waals surface area contributed by atoms with Crippen LogP contribution in [-0.2, 0) is 13.1 Å². The van der Waals surface area contributed by atoms with Crippen molar-refractivity contribution in [1.29, 1.82) is 0 Å². The highest BCUT2D eigenvalue weighted by atomic mass is 16.1. The first-order valence-electron chi connectivity index (χ1n) is 5.03. The molecule has 1 aliphatic rings. The lowest BCUT2D eigenvalue weighted by atomic mass is 10.0. The molecule has 0 unspecified atom stereocenters. The van der Waals surface area contributed by atoms with E-state index in [9.17, 15) is 4.79 Å². The number of carbonyl (C=O) groups is 1. The van der Waals surface area contributed by atoms with Crippen LogP contribution in [0.5, 0.6) is 0 Å².